The van der Waals surface area contributed by atoms with Crippen LogP contribution in [0.1, 0.15) is 51.0 Å². The minimum absolute atomic E-state index is 0.00751. The second kappa shape index (κ2) is 9.67. The van der Waals surface area contributed by atoms with Gasteiger partial charge in [-0.05, 0) is 37.0 Å². The van der Waals surface area contributed by atoms with E-state index in [0.29, 0.717) is 11.6 Å². The molecule has 132 valence electrons. The Balaban J connectivity index is 1.80. The first-order valence-electron chi connectivity index (χ1n) is 8.84. The number of hydrogen-bond donors (Lipinski definition) is 1. The van der Waals surface area contributed by atoms with Crippen LogP contribution in [0.5, 0.6) is 0 Å². The number of halogens is 1. The molecule has 1 N–H and O–H groups in total. The fourth-order valence-corrected chi connectivity index (χ4v) is 3.53. The number of nitrogens with one attached hydrogen (secondary N) is 1. The molecule has 0 bridgehead atoms. The number of hydrogen-bond acceptors (Lipinski definition) is 2. The van der Waals surface area contributed by atoms with Gasteiger partial charge in [-0.3, -0.25) is 9.59 Å². The third-order valence-corrected chi connectivity index (χ3v) is 4.84. The van der Waals surface area contributed by atoms with Crippen molar-refractivity contribution in [2.24, 2.45) is 0 Å². The molecule has 2 amide bonds. The highest BCUT2D eigenvalue weighted by atomic mass is 35.5. The number of benzene rings is 1. The summed E-state index contributed by atoms with van der Waals surface area (Å²) in [6.45, 7) is 2.27. The first-order valence-corrected chi connectivity index (χ1v) is 9.22. The number of carbonyl (C=O) groups excluding carboxylic acids is 2. The van der Waals surface area contributed by atoms with Crippen molar-refractivity contribution in [3.05, 3.63) is 34.9 Å². The van der Waals surface area contributed by atoms with Crippen molar-refractivity contribution < 1.29 is 9.59 Å². The molecular formula is C19H27ClN2O2. The summed E-state index contributed by atoms with van der Waals surface area (Å²) in [4.78, 5) is 25.9. The normalized spacial score (nSPS) is 15.6. The van der Waals surface area contributed by atoms with E-state index in [-0.39, 0.29) is 24.4 Å². The standard InChI is InChI=1S/C19H27ClN2O2/c1-15(23)22(18-9-4-2-3-5-10-18)14-19(24)21-12-11-16-7-6-8-17(20)13-16/h6-8,13,18H,2-5,9-12,14H2,1H3,(H,21,24). The zero-order valence-corrected chi connectivity index (χ0v) is 15.1. The van der Waals surface area contributed by atoms with Crippen LogP contribution in [0.4, 0.5) is 0 Å². The smallest absolute Gasteiger partial charge is 0.239 e. The molecule has 1 aromatic carbocycles. The van der Waals surface area contributed by atoms with Gasteiger partial charge >= 0.3 is 0 Å². The predicted octanol–water partition coefficient (Wildman–Crippen LogP) is 3.57. The highest BCUT2D eigenvalue weighted by molar-refractivity contribution is 6.30. The lowest BCUT2D eigenvalue weighted by Crippen LogP contribution is -2.45. The van der Waals surface area contributed by atoms with Gasteiger partial charge in [-0.1, -0.05) is 49.4 Å². The molecular weight excluding hydrogens is 324 g/mol. The van der Waals surface area contributed by atoms with Crippen molar-refractivity contribution >= 4 is 23.4 Å². The summed E-state index contributed by atoms with van der Waals surface area (Å²) < 4.78 is 0. The first-order chi connectivity index (χ1) is 11.6. The lowest BCUT2D eigenvalue weighted by Gasteiger charge is -2.29. The zero-order chi connectivity index (χ0) is 17.4. The van der Waals surface area contributed by atoms with Crippen LogP contribution in [-0.2, 0) is 16.0 Å². The summed E-state index contributed by atoms with van der Waals surface area (Å²) in [5, 5.41) is 3.62. The highest BCUT2D eigenvalue weighted by Crippen LogP contribution is 2.22. The number of carbonyl (C=O) groups is 2. The Bertz CT molecular complexity index is 554. The average molecular weight is 351 g/mol. The Morgan fingerprint density at radius 1 is 1.21 bits per heavy atom. The monoisotopic (exact) mass is 350 g/mol. The van der Waals surface area contributed by atoms with Gasteiger partial charge in [-0.25, -0.2) is 0 Å². The number of rotatable bonds is 6. The quantitative estimate of drug-likeness (QED) is 0.797. The van der Waals surface area contributed by atoms with Gasteiger partial charge in [0.1, 0.15) is 0 Å². The molecule has 24 heavy (non-hydrogen) atoms. The summed E-state index contributed by atoms with van der Waals surface area (Å²) in [5.74, 6) is -0.0941. The molecule has 0 aliphatic heterocycles. The summed E-state index contributed by atoms with van der Waals surface area (Å²) in [6, 6.07) is 7.85. The van der Waals surface area contributed by atoms with E-state index in [1.54, 1.807) is 11.8 Å². The molecule has 5 heteroatoms. The van der Waals surface area contributed by atoms with Gasteiger partial charge < -0.3 is 10.2 Å². The molecule has 1 aliphatic carbocycles. The van der Waals surface area contributed by atoms with Crippen molar-refractivity contribution in [2.45, 2.75) is 57.9 Å². The summed E-state index contributed by atoms with van der Waals surface area (Å²) >= 11 is 5.96. The van der Waals surface area contributed by atoms with Crippen LogP contribution < -0.4 is 5.32 Å². The number of amides is 2. The Kier molecular flexibility index (Phi) is 7.57. The highest BCUT2D eigenvalue weighted by Gasteiger charge is 2.24. The van der Waals surface area contributed by atoms with E-state index in [4.69, 9.17) is 11.6 Å². The predicted molar refractivity (Wildman–Crippen MR) is 97.0 cm³/mol. The first kappa shape index (κ1) is 18.8. The maximum absolute atomic E-state index is 12.2. The molecule has 4 nitrogen and oxygen atoms in total. The summed E-state index contributed by atoms with van der Waals surface area (Å²) in [7, 11) is 0. The van der Waals surface area contributed by atoms with Gasteiger partial charge in [0, 0.05) is 24.5 Å². The van der Waals surface area contributed by atoms with Gasteiger partial charge in [0.2, 0.25) is 11.8 Å². The molecule has 2 rings (SSSR count). The number of nitrogens with zero attached hydrogens (tertiary/aromatic N) is 1. The van der Waals surface area contributed by atoms with E-state index in [2.05, 4.69) is 5.32 Å². The largest absolute Gasteiger partial charge is 0.354 e. The summed E-state index contributed by atoms with van der Waals surface area (Å²) in [6.07, 6.45) is 7.50. The molecule has 0 heterocycles. The van der Waals surface area contributed by atoms with E-state index in [9.17, 15) is 9.59 Å². The third-order valence-electron chi connectivity index (χ3n) is 4.61. The minimum Gasteiger partial charge on any atom is -0.354 e. The van der Waals surface area contributed by atoms with Crippen LogP contribution in [0.25, 0.3) is 0 Å². The van der Waals surface area contributed by atoms with Crippen LogP contribution in [-0.4, -0.2) is 35.8 Å². The van der Waals surface area contributed by atoms with Gasteiger partial charge in [0.15, 0.2) is 0 Å². The maximum Gasteiger partial charge on any atom is 0.239 e. The molecule has 0 radical (unpaired) electrons. The van der Waals surface area contributed by atoms with Crippen LogP contribution >= 0.6 is 11.6 Å². The van der Waals surface area contributed by atoms with Gasteiger partial charge in [-0.15, -0.1) is 0 Å². The fraction of sp³-hybridized carbons (Fsp3) is 0.579. The van der Waals surface area contributed by atoms with Crippen molar-refractivity contribution in [3.63, 3.8) is 0 Å². The van der Waals surface area contributed by atoms with E-state index >= 15 is 0 Å². The van der Waals surface area contributed by atoms with E-state index < -0.39 is 0 Å². The van der Waals surface area contributed by atoms with Gasteiger partial charge in [0.25, 0.3) is 0 Å². The molecule has 1 aliphatic rings. The van der Waals surface area contributed by atoms with E-state index in [0.717, 1.165) is 37.7 Å². The topological polar surface area (TPSA) is 49.4 Å². The molecule has 0 atom stereocenters. The zero-order valence-electron chi connectivity index (χ0n) is 14.4. The lowest BCUT2D eigenvalue weighted by molar-refractivity contribution is -0.136. The maximum atomic E-state index is 12.2. The Morgan fingerprint density at radius 3 is 2.54 bits per heavy atom. The van der Waals surface area contributed by atoms with Crippen LogP contribution in [0, 0.1) is 0 Å². The van der Waals surface area contributed by atoms with Crippen LogP contribution in [0.15, 0.2) is 24.3 Å². The fourth-order valence-electron chi connectivity index (χ4n) is 3.32. The van der Waals surface area contributed by atoms with Gasteiger partial charge in [-0.2, -0.15) is 0 Å². The van der Waals surface area contributed by atoms with Crippen molar-refractivity contribution in [2.75, 3.05) is 13.1 Å². The second-order valence-electron chi connectivity index (χ2n) is 6.52. The van der Waals surface area contributed by atoms with Gasteiger partial charge in [0.05, 0.1) is 6.54 Å². The molecule has 0 spiro atoms. The minimum atomic E-state index is -0.0866. The molecule has 1 aromatic rings. The van der Waals surface area contributed by atoms with Crippen LogP contribution in [0.3, 0.4) is 0 Å². The van der Waals surface area contributed by atoms with Crippen molar-refractivity contribution in [1.82, 2.24) is 10.2 Å². The SMILES string of the molecule is CC(=O)N(CC(=O)NCCc1cccc(Cl)c1)C1CCCCCC1. The summed E-state index contributed by atoms with van der Waals surface area (Å²) in [5.41, 5.74) is 1.09. The Labute approximate surface area is 149 Å². The van der Waals surface area contributed by atoms with E-state index in [1.807, 2.05) is 24.3 Å². The second-order valence-corrected chi connectivity index (χ2v) is 6.96. The molecule has 1 saturated carbocycles. The lowest BCUT2D eigenvalue weighted by atomic mass is 10.1. The van der Waals surface area contributed by atoms with Crippen LogP contribution in [0.2, 0.25) is 5.02 Å². The molecule has 0 saturated heterocycles. The molecule has 0 aromatic heterocycles. The molecule has 0 unspecified atom stereocenters. The molecule has 1 fully saturated rings. The average Bonchev–Trinajstić information content (AvgIpc) is 2.81. The Morgan fingerprint density at radius 2 is 1.92 bits per heavy atom. The van der Waals surface area contributed by atoms with E-state index in [1.165, 1.54) is 12.8 Å². The third kappa shape index (κ3) is 6.16. The van der Waals surface area contributed by atoms with Crippen molar-refractivity contribution in [1.29, 1.82) is 0 Å². The Hall–Kier alpha value is -1.55. The van der Waals surface area contributed by atoms with Crippen molar-refractivity contribution in [3.8, 4) is 0 Å².